The molecule has 7 nitrogen and oxygen atoms in total. The molecule has 0 bridgehead atoms. The van der Waals surface area contributed by atoms with E-state index in [1.807, 2.05) is 18.2 Å². The Labute approximate surface area is 148 Å². The van der Waals surface area contributed by atoms with Crippen LogP contribution in [-0.2, 0) is 4.79 Å². The van der Waals surface area contributed by atoms with Gasteiger partial charge in [-0.1, -0.05) is 0 Å². The van der Waals surface area contributed by atoms with Crippen molar-refractivity contribution in [2.75, 3.05) is 19.9 Å². The van der Waals surface area contributed by atoms with Crippen LogP contribution in [0, 0.1) is 0 Å². The maximum atomic E-state index is 12.4. The summed E-state index contributed by atoms with van der Waals surface area (Å²) < 4.78 is 10.7. The van der Waals surface area contributed by atoms with Crippen LogP contribution in [0.2, 0.25) is 0 Å². The second-order valence-corrected chi connectivity index (χ2v) is 6.89. The summed E-state index contributed by atoms with van der Waals surface area (Å²) in [5.74, 6) is 1.23. The largest absolute Gasteiger partial charge is 0.454 e. The van der Waals surface area contributed by atoms with Crippen molar-refractivity contribution in [3.05, 3.63) is 29.3 Å². The van der Waals surface area contributed by atoms with Gasteiger partial charge in [0.2, 0.25) is 12.7 Å². The summed E-state index contributed by atoms with van der Waals surface area (Å²) in [4.78, 5) is 29.9. The van der Waals surface area contributed by atoms with Gasteiger partial charge in [-0.15, -0.1) is 11.3 Å². The van der Waals surface area contributed by atoms with Crippen molar-refractivity contribution in [2.45, 2.75) is 19.4 Å². The third-order valence-corrected chi connectivity index (χ3v) is 5.22. The Balaban J connectivity index is 1.44. The average Bonchev–Trinajstić information content (AvgIpc) is 3.33. The van der Waals surface area contributed by atoms with Crippen LogP contribution in [0.3, 0.4) is 0 Å². The van der Waals surface area contributed by atoms with Crippen molar-refractivity contribution < 1.29 is 19.1 Å². The summed E-state index contributed by atoms with van der Waals surface area (Å²) in [5, 5.41) is 5.45. The molecule has 2 aliphatic heterocycles. The normalized spacial score (nSPS) is 18.4. The third-order valence-electron chi connectivity index (χ3n) is 4.33. The highest BCUT2D eigenvalue weighted by molar-refractivity contribution is 7.13. The maximum Gasteiger partial charge on any atom is 0.271 e. The quantitative estimate of drug-likeness (QED) is 0.905. The highest BCUT2D eigenvalue weighted by atomic mass is 32.1. The number of aromatic nitrogens is 1. The number of amides is 2. The van der Waals surface area contributed by atoms with Gasteiger partial charge in [-0.2, -0.15) is 0 Å². The van der Waals surface area contributed by atoms with Gasteiger partial charge in [0, 0.05) is 37.0 Å². The van der Waals surface area contributed by atoms with E-state index in [9.17, 15) is 9.59 Å². The first kappa shape index (κ1) is 15.9. The van der Waals surface area contributed by atoms with Crippen LogP contribution < -0.4 is 14.8 Å². The van der Waals surface area contributed by atoms with Crippen molar-refractivity contribution in [2.24, 2.45) is 0 Å². The molecule has 2 aliphatic rings. The molecule has 0 aliphatic carbocycles. The van der Waals surface area contributed by atoms with Crippen LogP contribution in [-0.4, -0.2) is 47.6 Å². The van der Waals surface area contributed by atoms with E-state index in [-0.39, 0.29) is 24.6 Å². The highest BCUT2D eigenvalue weighted by Crippen LogP contribution is 2.36. The first-order valence-corrected chi connectivity index (χ1v) is 8.90. The zero-order valence-corrected chi connectivity index (χ0v) is 14.5. The molecule has 1 N–H and O–H groups in total. The number of benzene rings is 1. The van der Waals surface area contributed by atoms with Gasteiger partial charge in [0.1, 0.15) is 10.7 Å². The summed E-state index contributed by atoms with van der Waals surface area (Å²) in [6.45, 7) is 3.01. The zero-order chi connectivity index (χ0) is 17.4. The molecule has 1 aromatic heterocycles. The van der Waals surface area contributed by atoms with Gasteiger partial charge in [0.25, 0.3) is 5.91 Å². The van der Waals surface area contributed by atoms with Crippen LogP contribution in [0.15, 0.2) is 23.6 Å². The molecule has 25 heavy (non-hydrogen) atoms. The number of fused-ring (bicyclic) bond motifs is 1. The molecule has 2 aromatic rings. The number of likely N-dealkylation sites (tertiary alicyclic amines) is 1. The van der Waals surface area contributed by atoms with E-state index in [1.54, 1.807) is 17.2 Å². The molecule has 4 rings (SSSR count). The number of hydrogen-bond donors (Lipinski definition) is 1. The Hall–Kier alpha value is -2.61. The topological polar surface area (TPSA) is 80.8 Å². The molecule has 1 aromatic carbocycles. The molecule has 2 amide bonds. The Morgan fingerprint density at radius 3 is 2.96 bits per heavy atom. The number of ether oxygens (including phenoxy) is 2. The van der Waals surface area contributed by atoms with Gasteiger partial charge in [-0.05, 0) is 24.6 Å². The summed E-state index contributed by atoms with van der Waals surface area (Å²) in [6.07, 6.45) is 0.768. The van der Waals surface area contributed by atoms with E-state index in [2.05, 4.69) is 10.3 Å². The van der Waals surface area contributed by atoms with Crippen molar-refractivity contribution in [3.8, 4) is 22.1 Å². The fourth-order valence-corrected chi connectivity index (χ4v) is 3.76. The fourth-order valence-electron chi connectivity index (χ4n) is 2.96. The molecule has 1 saturated heterocycles. The second-order valence-electron chi connectivity index (χ2n) is 6.03. The van der Waals surface area contributed by atoms with Gasteiger partial charge < -0.3 is 19.7 Å². The average molecular weight is 359 g/mol. The van der Waals surface area contributed by atoms with Gasteiger partial charge >= 0.3 is 0 Å². The summed E-state index contributed by atoms with van der Waals surface area (Å²) in [7, 11) is 0. The van der Waals surface area contributed by atoms with Gasteiger partial charge in [0.05, 0.1) is 0 Å². The first-order valence-electron chi connectivity index (χ1n) is 8.02. The van der Waals surface area contributed by atoms with Crippen LogP contribution in [0.1, 0.15) is 23.8 Å². The predicted octanol–water partition coefficient (Wildman–Crippen LogP) is 1.89. The molecule has 8 heteroatoms. The Morgan fingerprint density at radius 2 is 2.16 bits per heavy atom. The molecule has 0 saturated carbocycles. The Bertz CT molecular complexity index is 835. The van der Waals surface area contributed by atoms with Crippen LogP contribution in [0.4, 0.5) is 0 Å². The lowest BCUT2D eigenvalue weighted by molar-refractivity contribution is -0.127. The Kier molecular flexibility index (Phi) is 4.04. The summed E-state index contributed by atoms with van der Waals surface area (Å²) in [6, 6.07) is 5.58. The second kappa shape index (κ2) is 6.36. The molecule has 0 unspecified atom stereocenters. The Morgan fingerprint density at radius 1 is 1.32 bits per heavy atom. The maximum absolute atomic E-state index is 12.4. The molecule has 1 atom stereocenters. The molecule has 0 radical (unpaired) electrons. The molecular weight excluding hydrogens is 342 g/mol. The van der Waals surface area contributed by atoms with Gasteiger partial charge in [0.15, 0.2) is 11.5 Å². The number of nitrogens with one attached hydrogen (secondary N) is 1. The van der Waals surface area contributed by atoms with Crippen molar-refractivity contribution >= 4 is 23.2 Å². The van der Waals surface area contributed by atoms with Crippen molar-refractivity contribution in [1.29, 1.82) is 0 Å². The standard InChI is InChI=1S/C17H17N3O4S/c1-10(21)20-5-4-12(7-20)18-16(22)13-8-25-17(19-13)11-2-3-14-15(6-11)24-9-23-14/h2-3,6,8,12H,4-5,7,9H2,1H3,(H,18,22)/t12-/m1/s1. The molecule has 3 heterocycles. The number of carbonyl (C=O) groups excluding carboxylic acids is 2. The number of thiazole rings is 1. The predicted molar refractivity (Wildman–Crippen MR) is 91.8 cm³/mol. The van der Waals surface area contributed by atoms with Gasteiger partial charge in [-0.3, -0.25) is 9.59 Å². The lowest BCUT2D eigenvalue weighted by Gasteiger charge is -2.14. The van der Waals surface area contributed by atoms with Crippen LogP contribution in [0.25, 0.3) is 10.6 Å². The number of carbonyl (C=O) groups is 2. The molecule has 130 valence electrons. The summed E-state index contributed by atoms with van der Waals surface area (Å²) in [5.41, 5.74) is 1.27. The highest BCUT2D eigenvalue weighted by Gasteiger charge is 2.26. The molecule has 1 fully saturated rings. The minimum atomic E-state index is -0.210. The zero-order valence-electron chi connectivity index (χ0n) is 13.7. The number of hydrogen-bond acceptors (Lipinski definition) is 6. The van der Waals surface area contributed by atoms with E-state index in [0.717, 1.165) is 22.7 Å². The number of nitrogens with zero attached hydrogens (tertiary/aromatic N) is 2. The molecular formula is C17H17N3O4S. The minimum Gasteiger partial charge on any atom is -0.454 e. The monoisotopic (exact) mass is 359 g/mol. The number of rotatable bonds is 3. The van der Waals surface area contributed by atoms with Crippen molar-refractivity contribution in [1.82, 2.24) is 15.2 Å². The summed E-state index contributed by atoms with van der Waals surface area (Å²) >= 11 is 1.41. The van der Waals surface area contributed by atoms with Crippen LogP contribution >= 0.6 is 11.3 Å². The lowest BCUT2D eigenvalue weighted by Crippen LogP contribution is -2.38. The van der Waals surface area contributed by atoms with Crippen molar-refractivity contribution in [3.63, 3.8) is 0 Å². The van der Waals surface area contributed by atoms with E-state index in [4.69, 9.17) is 9.47 Å². The van der Waals surface area contributed by atoms with Crippen LogP contribution in [0.5, 0.6) is 11.5 Å². The lowest BCUT2D eigenvalue weighted by atomic mass is 10.2. The SMILES string of the molecule is CC(=O)N1CC[C@@H](NC(=O)c2csc(-c3ccc4c(c3)OCO4)n2)C1. The first-order chi connectivity index (χ1) is 12.1. The van der Waals surface area contributed by atoms with E-state index >= 15 is 0 Å². The van der Waals surface area contributed by atoms with Gasteiger partial charge in [-0.25, -0.2) is 4.98 Å². The van der Waals surface area contributed by atoms with E-state index in [0.29, 0.717) is 24.5 Å². The minimum absolute atomic E-state index is 0.0212. The van der Waals surface area contributed by atoms with E-state index in [1.165, 1.54) is 11.3 Å². The van der Waals surface area contributed by atoms with E-state index < -0.39 is 0 Å². The third kappa shape index (κ3) is 3.17. The molecule has 0 spiro atoms. The fraction of sp³-hybridized carbons (Fsp3) is 0.353. The smallest absolute Gasteiger partial charge is 0.271 e.